The number of sulfonamides is 1. The van der Waals surface area contributed by atoms with Crippen molar-refractivity contribution in [3.63, 3.8) is 0 Å². The molecular formula is C14H21BFNO4S. The summed E-state index contributed by atoms with van der Waals surface area (Å²) in [5.74, 6) is -0.650. The number of rotatable bonds is 4. The van der Waals surface area contributed by atoms with Crippen molar-refractivity contribution in [3.8, 4) is 0 Å². The van der Waals surface area contributed by atoms with Gasteiger partial charge in [0.2, 0.25) is 10.0 Å². The van der Waals surface area contributed by atoms with Crippen LogP contribution < -0.4 is 10.2 Å². The van der Waals surface area contributed by atoms with Crippen molar-refractivity contribution in [2.45, 2.75) is 45.8 Å². The van der Waals surface area contributed by atoms with Crippen LogP contribution in [-0.4, -0.2) is 32.5 Å². The van der Waals surface area contributed by atoms with E-state index in [9.17, 15) is 12.8 Å². The van der Waals surface area contributed by atoms with Crippen molar-refractivity contribution in [1.29, 1.82) is 0 Å². The Balaban J connectivity index is 2.25. The fourth-order valence-electron chi connectivity index (χ4n) is 2.00. The SMILES string of the molecule is CCS(=O)(=O)Nc1ccc(B2OC(C)(C)C(C)(C)O2)c(F)c1. The van der Waals surface area contributed by atoms with Gasteiger partial charge in [-0.2, -0.15) is 0 Å². The van der Waals surface area contributed by atoms with E-state index in [-0.39, 0.29) is 16.9 Å². The molecule has 22 heavy (non-hydrogen) atoms. The molecule has 8 heteroatoms. The molecule has 0 radical (unpaired) electrons. The second-order valence-corrected chi connectivity index (χ2v) is 8.34. The van der Waals surface area contributed by atoms with Crippen LogP contribution in [0.15, 0.2) is 18.2 Å². The van der Waals surface area contributed by atoms with Gasteiger partial charge in [0.1, 0.15) is 5.82 Å². The summed E-state index contributed by atoms with van der Waals surface area (Å²) in [4.78, 5) is 0. The number of anilines is 1. The summed E-state index contributed by atoms with van der Waals surface area (Å²) in [5, 5.41) is 0. The Hall–Kier alpha value is -1.12. The van der Waals surface area contributed by atoms with Crippen molar-refractivity contribution in [2.24, 2.45) is 0 Å². The zero-order valence-electron chi connectivity index (χ0n) is 13.4. The number of hydrogen-bond acceptors (Lipinski definition) is 4. The van der Waals surface area contributed by atoms with Crippen LogP contribution >= 0.6 is 0 Å². The molecule has 122 valence electrons. The fourth-order valence-corrected chi connectivity index (χ4v) is 2.63. The van der Waals surface area contributed by atoms with Gasteiger partial charge in [-0.25, -0.2) is 12.8 Å². The molecule has 1 aliphatic heterocycles. The van der Waals surface area contributed by atoms with Gasteiger partial charge in [-0.1, -0.05) is 6.07 Å². The maximum absolute atomic E-state index is 14.3. The minimum atomic E-state index is -3.44. The highest BCUT2D eigenvalue weighted by atomic mass is 32.2. The molecular weight excluding hydrogens is 308 g/mol. The van der Waals surface area contributed by atoms with E-state index in [0.29, 0.717) is 0 Å². The third-order valence-electron chi connectivity index (χ3n) is 4.16. The van der Waals surface area contributed by atoms with Crippen LogP contribution in [0.25, 0.3) is 0 Å². The highest BCUT2D eigenvalue weighted by molar-refractivity contribution is 7.92. The molecule has 0 unspecified atom stereocenters. The summed E-state index contributed by atoms with van der Waals surface area (Å²) in [6, 6.07) is 4.11. The van der Waals surface area contributed by atoms with Crippen molar-refractivity contribution >= 4 is 28.3 Å². The largest absolute Gasteiger partial charge is 0.497 e. The third-order valence-corrected chi connectivity index (χ3v) is 5.47. The van der Waals surface area contributed by atoms with E-state index < -0.39 is 34.2 Å². The molecule has 1 heterocycles. The first-order valence-electron chi connectivity index (χ1n) is 7.13. The molecule has 1 aromatic carbocycles. The molecule has 0 amide bonds. The zero-order chi connectivity index (χ0) is 16.8. The first-order valence-corrected chi connectivity index (χ1v) is 8.78. The van der Waals surface area contributed by atoms with E-state index in [1.165, 1.54) is 19.1 Å². The summed E-state index contributed by atoms with van der Waals surface area (Å²) < 4.78 is 51.2. The van der Waals surface area contributed by atoms with Gasteiger partial charge in [-0.05, 0) is 46.8 Å². The Morgan fingerprint density at radius 2 is 1.73 bits per heavy atom. The standard InChI is InChI=1S/C14H21BFNO4S/c1-6-22(18,19)17-10-7-8-11(12(16)9-10)15-20-13(2,3)14(4,5)21-15/h7-9,17H,6H2,1-5H3. The minimum Gasteiger partial charge on any atom is -0.399 e. The molecule has 0 spiro atoms. The number of hydrogen-bond donors (Lipinski definition) is 1. The Kier molecular flexibility index (Phi) is 4.32. The Bertz CT molecular complexity index is 659. The topological polar surface area (TPSA) is 64.6 Å². The van der Waals surface area contributed by atoms with Gasteiger partial charge in [0.05, 0.1) is 22.6 Å². The quantitative estimate of drug-likeness (QED) is 0.857. The smallest absolute Gasteiger partial charge is 0.399 e. The molecule has 2 rings (SSSR count). The van der Waals surface area contributed by atoms with E-state index in [2.05, 4.69) is 4.72 Å². The summed E-state index contributed by atoms with van der Waals surface area (Å²) in [5.41, 5.74) is -0.697. The van der Waals surface area contributed by atoms with Crippen LogP contribution in [0.5, 0.6) is 0 Å². The van der Waals surface area contributed by atoms with E-state index in [1.807, 2.05) is 27.7 Å². The molecule has 0 bridgehead atoms. The van der Waals surface area contributed by atoms with Crippen LogP contribution in [0.1, 0.15) is 34.6 Å². The predicted molar refractivity (Wildman–Crippen MR) is 85.2 cm³/mol. The lowest BCUT2D eigenvalue weighted by Gasteiger charge is -2.32. The van der Waals surface area contributed by atoms with Crippen molar-refractivity contribution in [2.75, 3.05) is 10.5 Å². The number of halogens is 1. The molecule has 0 aliphatic carbocycles. The Morgan fingerprint density at radius 1 is 1.18 bits per heavy atom. The lowest BCUT2D eigenvalue weighted by molar-refractivity contribution is 0.00578. The molecule has 1 saturated heterocycles. The van der Waals surface area contributed by atoms with Gasteiger partial charge in [0.15, 0.2) is 0 Å². The molecule has 0 aromatic heterocycles. The summed E-state index contributed by atoms with van der Waals surface area (Å²) in [6.07, 6.45) is 0. The maximum atomic E-state index is 14.3. The first-order chi connectivity index (χ1) is 9.97. The van der Waals surface area contributed by atoms with Crippen LogP contribution in [0.2, 0.25) is 0 Å². The monoisotopic (exact) mass is 329 g/mol. The van der Waals surface area contributed by atoms with Gasteiger partial charge < -0.3 is 9.31 Å². The normalized spacial score (nSPS) is 20.2. The second kappa shape index (κ2) is 5.51. The highest BCUT2D eigenvalue weighted by Gasteiger charge is 2.52. The summed E-state index contributed by atoms with van der Waals surface area (Å²) in [6.45, 7) is 9.05. The van der Waals surface area contributed by atoms with Crippen LogP contribution in [0.3, 0.4) is 0 Å². The van der Waals surface area contributed by atoms with Crippen LogP contribution in [-0.2, 0) is 19.3 Å². The first kappa shape index (κ1) is 17.2. The van der Waals surface area contributed by atoms with Gasteiger partial charge >= 0.3 is 7.12 Å². The van der Waals surface area contributed by atoms with E-state index in [4.69, 9.17) is 9.31 Å². The lowest BCUT2D eigenvalue weighted by atomic mass is 9.78. The highest BCUT2D eigenvalue weighted by Crippen LogP contribution is 2.36. The average molecular weight is 329 g/mol. The molecule has 5 nitrogen and oxygen atoms in total. The van der Waals surface area contributed by atoms with Crippen LogP contribution in [0, 0.1) is 5.82 Å². The fraction of sp³-hybridized carbons (Fsp3) is 0.571. The molecule has 1 aromatic rings. The number of benzene rings is 1. The average Bonchev–Trinajstić information content (AvgIpc) is 2.57. The van der Waals surface area contributed by atoms with Gasteiger partial charge in [-0.15, -0.1) is 0 Å². The second-order valence-electron chi connectivity index (χ2n) is 6.33. The molecule has 1 N–H and O–H groups in total. The summed E-state index contributed by atoms with van der Waals surface area (Å²) in [7, 11) is -4.26. The van der Waals surface area contributed by atoms with E-state index in [0.717, 1.165) is 6.07 Å². The van der Waals surface area contributed by atoms with Gasteiger partial charge in [0, 0.05) is 5.46 Å². The van der Waals surface area contributed by atoms with Crippen molar-refractivity contribution < 1.29 is 22.1 Å². The van der Waals surface area contributed by atoms with Crippen LogP contribution in [0.4, 0.5) is 10.1 Å². The van der Waals surface area contributed by atoms with Gasteiger partial charge in [0.25, 0.3) is 0 Å². The molecule has 0 saturated carbocycles. The van der Waals surface area contributed by atoms with Crippen molar-refractivity contribution in [1.82, 2.24) is 0 Å². The molecule has 0 atom stereocenters. The maximum Gasteiger partial charge on any atom is 0.497 e. The molecule has 1 fully saturated rings. The molecule has 1 aliphatic rings. The Morgan fingerprint density at radius 3 is 2.18 bits per heavy atom. The van der Waals surface area contributed by atoms with E-state index in [1.54, 1.807) is 0 Å². The third kappa shape index (κ3) is 3.28. The van der Waals surface area contributed by atoms with E-state index >= 15 is 0 Å². The predicted octanol–water partition coefficient (Wildman–Crippen LogP) is 1.89. The Labute approximate surface area is 131 Å². The number of nitrogens with one attached hydrogen (secondary N) is 1. The lowest BCUT2D eigenvalue weighted by Crippen LogP contribution is -2.41. The zero-order valence-corrected chi connectivity index (χ0v) is 14.3. The summed E-state index contributed by atoms with van der Waals surface area (Å²) >= 11 is 0. The minimum absolute atomic E-state index is 0.0758. The van der Waals surface area contributed by atoms with Crippen molar-refractivity contribution in [3.05, 3.63) is 24.0 Å². The van der Waals surface area contributed by atoms with Gasteiger partial charge in [-0.3, -0.25) is 4.72 Å².